The number of hydrogen-bond donors (Lipinski definition) is 0. The molecule has 8 unspecified atom stereocenters. The third-order valence-electron chi connectivity index (χ3n) is 12.3. The highest BCUT2D eigenvalue weighted by Gasteiger charge is 2.61. The predicted molar refractivity (Wildman–Crippen MR) is 153 cm³/mol. The second-order valence-electron chi connectivity index (χ2n) is 14.5. The van der Waals surface area contributed by atoms with Crippen LogP contribution < -0.4 is 0 Å². The Balaban J connectivity index is 1.25. The van der Waals surface area contributed by atoms with E-state index in [-0.39, 0.29) is 16.0 Å². The van der Waals surface area contributed by atoms with Crippen LogP contribution in [0.2, 0.25) is 0 Å². The lowest BCUT2D eigenvalue weighted by molar-refractivity contribution is -0.384. The summed E-state index contributed by atoms with van der Waals surface area (Å²) in [6, 6.07) is 4.95. The zero-order valence-corrected chi connectivity index (χ0v) is 24.2. The molecule has 0 amide bonds. The van der Waals surface area contributed by atoms with Gasteiger partial charge in [0.15, 0.2) is 0 Å². The summed E-state index contributed by atoms with van der Waals surface area (Å²) in [7, 11) is 0. The quantitative estimate of drug-likeness (QED) is 0.283. The third kappa shape index (κ3) is 4.09. The van der Waals surface area contributed by atoms with Gasteiger partial charge in [-0.25, -0.2) is 9.97 Å². The molecule has 5 heteroatoms. The number of benzene rings is 1. The summed E-state index contributed by atoms with van der Waals surface area (Å²) < 4.78 is 0. The molecule has 1 heterocycles. The molecule has 3 fully saturated rings. The van der Waals surface area contributed by atoms with Crippen LogP contribution in [0.5, 0.6) is 0 Å². The largest absolute Gasteiger partial charge is 0.271 e. The minimum absolute atomic E-state index is 0.106. The normalized spacial score (nSPS) is 36.8. The molecule has 0 aliphatic heterocycles. The second-order valence-corrected chi connectivity index (χ2v) is 14.5. The fourth-order valence-corrected chi connectivity index (χ4v) is 10.3. The van der Waals surface area contributed by atoms with E-state index in [9.17, 15) is 10.1 Å². The molecular weight excluding hydrogens is 470 g/mol. The van der Waals surface area contributed by atoms with Gasteiger partial charge < -0.3 is 0 Å². The number of non-ortho nitro benzene ring substituents is 1. The monoisotopic (exact) mass is 517 g/mol. The average molecular weight is 518 g/mol. The number of fused-ring (bicyclic) bond motifs is 8. The highest BCUT2D eigenvalue weighted by atomic mass is 16.6. The molecule has 0 saturated heterocycles. The van der Waals surface area contributed by atoms with E-state index in [2.05, 4.69) is 34.6 Å². The molecule has 8 atom stereocenters. The molecule has 3 saturated carbocycles. The van der Waals surface area contributed by atoms with Gasteiger partial charge in [0.05, 0.1) is 27.3 Å². The second kappa shape index (κ2) is 9.55. The summed E-state index contributed by atoms with van der Waals surface area (Å²) in [5, 5.41) is 11.4. The maximum Gasteiger partial charge on any atom is 0.271 e. The smallest absolute Gasteiger partial charge is 0.258 e. The van der Waals surface area contributed by atoms with Gasteiger partial charge in [-0.3, -0.25) is 10.1 Å². The first-order valence-corrected chi connectivity index (χ1v) is 15.6. The minimum Gasteiger partial charge on any atom is -0.258 e. The zero-order chi connectivity index (χ0) is 26.8. The predicted octanol–water partition coefficient (Wildman–Crippen LogP) is 8.89. The molecule has 0 radical (unpaired) electrons. The van der Waals surface area contributed by atoms with Crippen molar-refractivity contribution in [2.24, 2.45) is 46.3 Å². The van der Waals surface area contributed by atoms with Crippen LogP contribution >= 0.6 is 0 Å². The van der Waals surface area contributed by atoms with Gasteiger partial charge in [-0.1, -0.05) is 53.9 Å². The molecule has 1 aromatic heterocycles. The molecule has 38 heavy (non-hydrogen) atoms. The zero-order valence-electron chi connectivity index (χ0n) is 24.2. The number of aromatic nitrogens is 2. The summed E-state index contributed by atoms with van der Waals surface area (Å²) in [5.41, 5.74) is 4.66. The molecule has 1 aromatic carbocycles. The van der Waals surface area contributed by atoms with E-state index >= 15 is 0 Å². The SMILES string of the molecule is CC(C)CCCC(C)C1CCC2C3CCC4c5nc6cc([N+](=O)[O-])ccc6nc5CCC4(C)C3CCC12C. The minimum atomic E-state index is -0.324. The van der Waals surface area contributed by atoms with Gasteiger partial charge in [0.25, 0.3) is 5.69 Å². The van der Waals surface area contributed by atoms with Crippen molar-refractivity contribution in [2.75, 3.05) is 0 Å². The molecule has 5 nitrogen and oxygen atoms in total. The van der Waals surface area contributed by atoms with Crippen molar-refractivity contribution in [1.29, 1.82) is 0 Å². The van der Waals surface area contributed by atoms with Gasteiger partial charge in [-0.05, 0) is 104 Å². The summed E-state index contributed by atoms with van der Waals surface area (Å²) in [4.78, 5) is 21.2. The van der Waals surface area contributed by atoms with Crippen LogP contribution in [0.3, 0.4) is 0 Å². The lowest BCUT2D eigenvalue weighted by Crippen LogP contribution is -2.53. The Hall–Kier alpha value is -2.04. The number of aryl methyl sites for hydroxylation is 1. The van der Waals surface area contributed by atoms with Crippen molar-refractivity contribution >= 4 is 16.7 Å². The van der Waals surface area contributed by atoms with Crippen LogP contribution in [0.15, 0.2) is 18.2 Å². The van der Waals surface area contributed by atoms with Gasteiger partial charge in [-0.15, -0.1) is 0 Å². The average Bonchev–Trinajstić information content (AvgIpc) is 3.24. The Labute approximate surface area is 228 Å². The summed E-state index contributed by atoms with van der Waals surface area (Å²) in [5.74, 6) is 5.49. The van der Waals surface area contributed by atoms with E-state index in [1.54, 1.807) is 18.2 Å². The van der Waals surface area contributed by atoms with Crippen LogP contribution in [0.1, 0.15) is 116 Å². The number of rotatable bonds is 6. The molecule has 2 aromatic rings. The first-order chi connectivity index (χ1) is 18.1. The van der Waals surface area contributed by atoms with Crippen LogP contribution in [0.4, 0.5) is 5.69 Å². The van der Waals surface area contributed by atoms with Crippen LogP contribution in [0.25, 0.3) is 11.0 Å². The topological polar surface area (TPSA) is 68.9 Å². The van der Waals surface area contributed by atoms with Crippen molar-refractivity contribution in [1.82, 2.24) is 9.97 Å². The first kappa shape index (κ1) is 26.2. The van der Waals surface area contributed by atoms with E-state index in [1.807, 2.05) is 0 Å². The highest BCUT2D eigenvalue weighted by molar-refractivity contribution is 5.77. The van der Waals surface area contributed by atoms with E-state index in [0.717, 1.165) is 58.8 Å². The van der Waals surface area contributed by atoms with Crippen LogP contribution in [-0.2, 0) is 6.42 Å². The van der Waals surface area contributed by atoms with E-state index in [4.69, 9.17) is 9.97 Å². The molecule has 4 aliphatic rings. The van der Waals surface area contributed by atoms with Crippen molar-refractivity contribution in [3.63, 3.8) is 0 Å². The standard InChI is InChI=1S/C33H47N3O2/c1-20(2)7-6-8-21(3)24-12-13-25-23-10-11-27-31-29(16-18-33(27,5)26(23)15-17-32(24,25)4)34-28-14-9-22(36(37)38)19-30(28)35-31/h9,14,19-21,23-27H,6-8,10-13,15-18H2,1-5H3. The van der Waals surface area contributed by atoms with Gasteiger partial charge in [0.1, 0.15) is 0 Å². The number of nitrogens with zero attached hydrogens (tertiary/aromatic N) is 3. The number of hydrogen-bond acceptors (Lipinski definition) is 4. The summed E-state index contributed by atoms with van der Waals surface area (Å²) >= 11 is 0. The van der Waals surface area contributed by atoms with Crippen molar-refractivity contribution in [2.45, 2.75) is 111 Å². The maximum absolute atomic E-state index is 11.4. The highest BCUT2D eigenvalue weighted by Crippen LogP contribution is 2.69. The molecule has 0 spiro atoms. The number of nitro benzene ring substituents is 1. The fraction of sp³-hybridized carbons (Fsp3) is 0.758. The van der Waals surface area contributed by atoms with Gasteiger partial charge >= 0.3 is 0 Å². The van der Waals surface area contributed by atoms with Crippen LogP contribution in [-0.4, -0.2) is 14.9 Å². The Kier molecular flexibility index (Phi) is 6.59. The lowest BCUT2D eigenvalue weighted by Gasteiger charge is -2.60. The molecule has 0 bridgehead atoms. The lowest BCUT2D eigenvalue weighted by atomic mass is 9.44. The van der Waals surface area contributed by atoms with Crippen molar-refractivity contribution in [3.8, 4) is 0 Å². The molecule has 4 aliphatic carbocycles. The van der Waals surface area contributed by atoms with E-state index in [0.29, 0.717) is 16.8 Å². The first-order valence-electron chi connectivity index (χ1n) is 15.6. The maximum atomic E-state index is 11.4. The van der Waals surface area contributed by atoms with Gasteiger partial charge in [0, 0.05) is 18.1 Å². The van der Waals surface area contributed by atoms with Crippen LogP contribution in [0, 0.1) is 56.5 Å². The van der Waals surface area contributed by atoms with E-state index < -0.39 is 0 Å². The molecule has 206 valence electrons. The van der Waals surface area contributed by atoms with Crippen molar-refractivity contribution in [3.05, 3.63) is 39.7 Å². The summed E-state index contributed by atoms with van der Waals surface area (Å²) in [6.45, 7) is 12.5. The Morgan fingerprint density at radius 2 is 1.74 bits per heavy atom. The fourth-order valence-electron chi connectivity index (χ4n) is 10.3. The molecule has 0 N–H and O–H groups in total. The Morgan fingerprint density at radius 3 is 2.50 bits per heavy atom. The molecule has 6 rings (SSSR count). The van der Waals surface area contributed by atoms with Gasteiger partial charge in [-0.2, -0.15) is 0 Å². The van der Waals surface area contributed by atoms with E-state index in [1.165, 1.54) is 64.2 Å². The Bertz CT molecular complexity index is 1230. The third-order valence-corrected chi connectivity index (χ3v) is 12.3. The number of nitro groups is 1. The Morgan fingerprint density at radius 1 is 0.947 bits per heavy atom. The van der Waals surface area contributed by atoms with Crippen molar-refractivity contribution < 1.29 is 4.92 Å². The molecular formula is C33H47N3O2. The van der Waals surface area contributed by atoms with Gasteiger partial charge in [0.2, 0.25) is 0 Å². The summed E-state index contributed by atoms with van der Waals surface area (Å²) in [6.07, 6.45) is 14.5.